The quantitative estimate of drug-likeness (QED) is 0.798. The summed E-state index contributed by atoms with van der Waals surface area (Å²) >= 11 is -0.187. The van der Waals surface area contributed by atoms with Crippen molar-refractivity contribution >= 4 is 30.0 Å². The first-order valence-electron chi connectivity index (χ1n) is 6.97. The summed E-state index contributed by atoms with van der Waals surface area (Å²) < 4.78 is 42.5. The Labute approximate surface area is 133 Å². The van der Waals surface area contributed by atoms with E-state index in [1.807, 2.05) is 12.3 Å². The first kappa shape index (κ1) is 16.0. The Balaban J connectivity index is 0.00000144. The van der Waals surface area contributed by atoms with Crippen LogP contribution in [0.5, 0.6) is 0 Å². The molecule has 2 fully saturated rings. The molecule has 0 aromatic carbocycles. The van der Waals surface area contributed by atoms with Gasteiger partial charge in [-0.2, -0.15) is 5.10 Å². The predicted molar refractivity (Wildman–Crippen MR) is 79.6 cm³/mol. The number of thiazole rings is 1. The lowest BCUT2D eigenvalue weighted by atomic mass is 9.78. The van der Waals surface area contributed by atoms with Crippen molar-refractivity contribution in [3.63, 3.8) is 0 Å². The maximum absolute atomic E-state index is 13.6. The van der Waals surface area contributed by atoms with Crippen molar-refractivity contribution in [2.45, 2.75) is 41.9 Å². The van der Waals surface area contributed by atoms with Crippen molar-refractivity contribution in [2.75, 3.05) is 0 Å². The van der Waals surface area contributed by atoms with Gasteiger partial charge in [0.2, 0.25) is 11.1 Å². The topological polar surface area (TPSA) is 62.2 Å². The molecule has 4 rings (SSSR count). The zero-order chi connectivity index (χ0) is 14.8. The number of alkyl halides is 3. The van der Waals surface area contributed by atoms with Gasteiger partial charge in [0.25, 0.3) is 0 Å². The van der Waals surface area contributed by atoms with E-state index in [9.17, 15) is 13.2 Å². The summed E-state index contributed by atoms with van der Waals surface area (Å²) in [4.78, 5) is 4.24. The molecule has 1 unspecified atom stereocenters. The minimum atomic E-state index is -2.57. The maximum Gasteiger partial charge on any atom is 0.385 e. The number of aromatic nitrogens is 3. The molecule has 1 saturated heterocycles. The molecule has 1 aliphatic carbocycles. The average Bonchev–Trinajstić information content (AvgIpc) is 2.81. The van der Waals surface area contributed by atoms with E-state index in [2.05, 4.69) is 10.1 Å². The zero-order valence-electron chi connectivity index (χ0n) is 11.9. The Kier molecular flexibility index (Phi) is 3.88. The molecule has 0 spiro atoms. The third kappa shape index (κ3) is 2.50. The van der Waals surface area contributed by atoms with Crippen LogP contribution in [0.4, 0.5) is 13.2 Å². The van der Waals surface area contributed by atoms with E-state index in [-0.39, 0.29) is 24.2 Å². The fraction of sp³-hybridized carbons (Fsp3) is 0.538. The Morgan fingerprint density at radius 3 is 2.59 bits per heavy atom. The van der Waals surface area contributed by atoms with Crippen molar-refractivity contribution in [3.8, 4) is 5.13 Å². The number of hydrogen-bond acceptors (Lipinski definition) is 3. The Morgan fingerprint density at radius 2 is 2.09 bits per heavy atom. The number of halogens is 3. The average molecular weight is 345 g/mol. The van der Waals surface area contributed by atoms with Crippen LogP contribution in [0.3, 0.4) is 0 Å². The van der Waals surface area contributed by atoms with E-state index in [4.69, 9.17) is 0 Å². The smallest absolute Gasteiger partial charge is 0.385 e. The van der Waals surface area contributed by atoms with Gasteiger partial charge in [0.15, 0.2) is 0 Å². The Hall–Kier alpha value is -0.878. The highest BCUT2D eigenvalue weighted by Gasteiger charge is 2.53. The van der Waals surface area contributed by atoms with Crippen molar-refractivity contribution in [3.05, 3.63) is 22.8 Å². The van der Waals surface area contributed by atoms with E-state index in [0.717, 1.165) is 15.8 Å². The van der Waals surface area contributed by atoms with Gasteiger partial charge in [-0.3, -0.25) is 4.39 Å². The van der Waals surface area contributed by atoms with Crippen LogP contribution in [0.1, 0.15) is 30.0 Å². The first-order valence-corrected chi connectivity index (χ1v) is 9.91. The van der Waals surface area contributed by atoms with Crippen LogP contribution in [0, 0.1) is 6.92 Å². The summed E-state index contributed by atoms with van der Waals surface area (Å²) in [6, 6.07) is 0. The summed E-state index contributed by atoms with van der Waals surface area (Å²) in [6.45, 7) is 1.90. The SMILES string of the molecule is Cc1c(C2CC(F)(F)C2)nn(-c2nccs2)[c]1[Al]1[CH2][CH]1F.O. The third-order valence-corrected chi connectivity index (χ3v) is 7.90. The summed E-state index contributed by atoms with van der Waals surface area (Å²) in [7, 11) is 0. The van der Waals surface area contributed by atoms with Crippen molar-refractivity contribution < 1.29 is 18.6 Å². The molecule has 0 radical (unpaired) electrons. The molecule has 118 valence electrons. The van der Waals surface area contributed by atoms with Crippen LogP contribution >= 0.6 is 11.3 Å². The van der Waals surface area contributed by atoms with Crippen molar-refractivity contribution in [2.24, 2.45) is 0 Å². The number of nitrogens with zero attached hydrogens (tertiary/aromatic N) is 3. The van der Waals surface area contributed by atoms with Crippen LogP contribution in [0.25, 0.3) is 5.13 Å². The molecule has 3 heterocycles. The fourth-order valence-corrected chi connectivity index (χ4v) is 6.32. The molecule has 4 nitrogen and oxygen atoms in total. The molecule has 2 aromatic heterocycles. The zero-order valence-corrected chi connectivity index (χ0v) is 13.9. The molecule has 22 heavy (non-hydrogen) atoms. The molecular formula is C13H15AlF3N3OS. The second-order valence-corrected chi connectivity index (χ2v) is 9.77. The lowest BCUT2D eigenvalue weighted by molar-refractivity contribution is -0.0877. The predicted octanol–water partition coefficient (Wildman–Crippen LogP) is 1.92. The minimum absolute atomic E-state index is 0. The third-order valence-electron chi connectivity index (χ3n) is 4.35. The highest BCUT2D eigenvalue weighted by atomic mass is 32.1. The van der Waals surface area contributed by atoms with Gasteiger partial charge in [0, 0.05) is 35.4 Å². The lowest BCUT2D eigenvalue weighted by Gasteiger charge is -2.34. The van der Waals surface area contributed by atoms with E-state index >= 15 is 0 Å². The molecule has 0 bridgehead atoms. The van der Waals surface area contributed by atoms with Gasteiger partial charge in [-0.25, -0.2) is 18.4 Å². The van der Waals surface area contributed by atoms with Crippen molar-refractivity contribution in [1.29, 1.82) is 0 Å². The van der Waals surface area contributed by atoms with Crippen LogP contribution in [0.2, 0.25) is 5.28 Å². The maximum atomic E-state index is 13.6. The first-order chi connectivity index (χ1) is 9.96. The standard InChI is InChI=1S/C11H10F2N3S.C2H3F.Al.H2O/c1-7-6-16(10-14-2-3-17-10)15-9(7)8-4-11(12,13)5-8;1-2-3;;/h2-3,8H,4-5H2,1H3;2H,1H2;;1H2. The summed E-state index contributed by atoms with van der Waals surface area (Å²) in [5, 5.41) is 6.99. The van der Waals surface area contributed by atoms with Crippen molar-refractivity contribution in [1.82, 2.24) is 14.8 Å². The van der Waals surface area contributed by atoms with Gasteiger partial charge >= 0.3 is 14.1 Å². The van der Waals surface area contributed by atoms with Gasteiger partial charge < -0.3 is 5.48 Å². The van der Waals surface area contributed by atoms with Gasteiger partial charge in [0.05, 0.1) is 5.69 Å². The normalized spacial score (nSPS) is 23.1. The molecule has 0 amide bonds. The molecule has 1 atom stereocenters. The van der Waals surface area contributed by atoms with Crippen LogP contribution in [0.15, 0.2) is 11.6 Å². The molecule has 1 saturated carbocycles. The van der Waals surface area contributed by atoms with E-state index in [1.165, 1.54) is 11.3 Å². The van der Waals surface area contributed by atoms with Gasteiger partial charge in [-0.05, 0) is 17.0 Å². The Bertz CT molecular complexity index is 683. The van der Waals surface area contributed by atoms with E-state index < -0.39 is 25.1 Å². The second-order valence-electron chi connectivity index (χ2n) is 5.94. The molecular weight excluding hydrogens is 330 g/mol. The van der Waals surface area contributed by atoms with Gasteiger partial charge in [-0.15, -0.1) is 11.3 Å². The summed E-state index contributed by atoms with van der Waals surface area (Å²) in [5.74, 6) is -2.77. The van der Waals surface area contributed by atoms with Crippen LogP contribution < -0.4 is 4.56 Å². The summed E-state index contributed by atoms with van der Waals surface area (Å²) in [5.41, 5.74) is 1.64. The fourth-order valence-electron chi connectivity index (χ4n) is 3.12. The monoisotopic (exact) mass is 345 g/mol. The number of rotatable bonds is 3. The van der Waals surface area contributed by atoms with Crippen LogP contribution in [-0.2, 0) is 0 Å². The Morgan fingerprint density at radius 1 is 1.41 bits per heavy atom. The largest absolute Gasteiger partial charge is 0.412 e. The van der Waals surface area contributed by atoms with Crippen LogP contribution in [-0.4, -0.2) is 45.3 Å². The summed E-state index contributed by atoms with van der Waals surface area (Å²) in [6.07, 6.45) is 1.39. The molecule has 1 aliphatic heterocycles. The highest BCUT2D eigenvalue weighted by molar-refractivity contribution is 7.12. The van der Waals surface area contributed by atoms with Gasteiger partial charge in [-0.1, -0.05) is 5.28 Å². The highest BCUT2D eigenvalue weighted by Crippen LogP contribution is 2.48. The molecule has 9 heteroatoms. The minimum Gasteiger partial charge on any atom is -0.412 e. The number of hydrogen-bond donors (Lipinski definition) is 0. The molecule has 2 aromatic rings. The van der Waals surface area contributed by atoms with E-state index in [1.54, 1.807) is 10.9 Å². The molecule has 2 N–H and O–H groups in total. The van der Waals surface area contributed by atoms with E-state index in [0.29, 0.717) is 10.4 Å². The second kappa shape index (κ2) is 5.34. The molecule has 2 aliphatic rings. The van der Waals surface area contributed by atoms with Gasteiger partial charge in [0.1, 0.15) is 0 Å². The lowest BCUT2D eigenvalue weighted by Crippen LogP contribution is -2.34.